The number of rotatable bonds is 0. The van der Waals surface area contributed by atoms with Crippen LogP contribution in [-0.2, 0) is 0 Å². The van der Waals surface area contributed by atoms with Gasteiger partial charge in [0.25, 0.3) is 0 Å². The zero-order valence-electron chi connectivity index (χ0n) is 7.78. The van der Waals surface area contributed by atoms with Crippen molar-refractivity contribution >= 4 is 0 Å². The smallest absolute Gasteiger partial charge is 0.0462 e. The molecule has 36 valence electrons. The molecule has 0 aromatic carbocycles. The summed E-state index contributed by atoms with van der Waals surface area (Å²) in [6.45, 7) is -0.00157. The molecule has 0 bridgehead atoms. The van der Waals surface area contributed by atoms with Crippen molar-refractivity contribution < 1.29 is 5.48 Å². The molecule has 0 amide bonds. The summed E-state index contributed by atoms with van der Waals surface area (Å²) in [4.78, 5) is 0. The van der Waals surface area contributed by atoms with Crippen LogP contribution in [0.4, 0.5) is 0 Å². The first-order chi connectivity index (χ1) is 4.33. The van der Waals surface area contributed by atoms with E-state index in [4.69, 9.17) is 5.48 Å². The second kappa shape index (κ2) is 1.61. The average Bonchev–Trinajstić information content (AvgIpc) is 1.73. The molecule has 0 radical (unpaired) electrons. The van der Waals surface area contributed by atoms with Gasteiger partial charge in [-0.3, -0.25) is 0 Å². The van der Waals surface area contributed by atoms with Crippen LogP contribution in [0.3, 0.4) is 0 Å². The minimum absolute atomic E-state index is 0.104. The van der Waals surface area contributed by atoms with Gasteiger partial charge in [-0.2, -0.15) is 0 Å². The molecule has 1 rings (SSSR count). The van der Waals surface area contributed by atoms with Gasteiger partial charge in [0, 0.05) is 11.5 Å². The fourth-order valence-electron chi connectivity index (χ4n) is 0.446. The fourth-order valence-corrected chi connectivity index (χ4v) is 0.446. The first kappa shape index (κ1) is 1.48. The Morgan fingerprint density at radius 1 is 2.17 bits per heavy atom. The average molecular weight is 89.2 g/mol. The van der Waals surface area contributed by atoms with Crippen LogP contribution in [0.1, 0.15) is 25.2 Å². The van der Waals surface area contributed by atoms with Crippen LogP contribution < -0.4 is 5.32 Å². The van der Waals surface area contributed by atoms with E-state index in [9.17, 15) is 0 Å². The van der Waals surface area contributed by atoms with Gasteiger partial charge in [0.2, 0.25) is 0 Å². The second-order valence-electron chi connectivity index (χ2n) is 1.39. The third-order valence-electron chi connectivity index (χ3n) is 0.796. The summed E-state index contributed by atoms with van der Waals surface area (Å²) in [7, 11) is 0. The minimum Gasteiger partial charge on any atom is -0.314 e. The molecule has 1 heteroatoms. The third-order valence-corrected chi connectivity index (χ3v) is 0.796. The van der Waals surface area contributed by atoms with E-state index in [1.54, 1.807) is 0 Å². The summed E-state index contributed by atoms with van der Waals surface area (Å²) in [6.07, 6.45) is -0.560. The molecule has 1 N–H and O–H groups in total. The van der Waals surface area contributed by atoms with E-state index in [1.165, 1.54) is 6.92 Å². The van der Waals surface area contributed by atoms with Gasteiger partial charge in [0.15, 0.2) is 0 Å². The maximum atomic E-state index is 7.41. The van der Waals surface area contributed by atoms with Crippen LogP contribution in [-0.4, -0.2) is 12.5 Å². The van der Waals surface area contributed by atoms with E-state index in [0.29, 0.717) is 0 Å². The molecule has 2 atom stereocenters. The summed E-state index contributed by atoms with van der Waals surface area (Å²) in [6, 6.07) is -1.12. The highest BCUT2D eigenvalue weighted by Crippen LogP contribution is 2.01. The molecule has 1 nitrogen and oxygen atoms in total. The Morgan fingerprint density at radius 2 is 3.00 bits per heavy atom. The standard InChI is InChI=1S/C5H11N/c1-5-3-2-4-6-5/h5-6H,2-4H2,1H3/i3D,4D2,5D. The second-order valence-corrected chi connectivity index (χ2v) is 1.39. The Labute approximate surface area is 44.4 Å². The summed E-state index contributed by atoms with van der Waals surface area (Å²) in [5.74, 6) is 0. The first-order valence-corrected chi connectivity index (χ1v) is 2.05. The van der Waals surface area contributed by atoms with E-state index in [2.05, 4.69) is 5.32 Å². The lowest BCUT2D eigenvalue weighted by molar-refractivity contribution is 0.664. The summed E-state index contributed by atoms with van der Waals surface area (Å²) < 4.78 is 29.1. The SMILES string of the molecule is [2H]C1CC([2H])([2H])NC1([2H])C. The third kappa shape index (κ3) is 0.716. The Bertz CT molecular complexity index is 145. The van der Waals surface area contributed by atoms with Crippen molar-refractivity contribution in [2.45, 2.75) is 25.8 Å². The van der Waals surface area contributed by atoms with Gasteiger partial charge in [-0.15, -0.1) is 0 Å². The molecule has 1 aliphatic rings. The van der Waals surface area contributed by atoms with Crippen LogP contribution in [0, 0.1) is 0 Å². The zero-order chi connectivity index (χ0) is 7.99. The van der Waals surface area contributed by atoms with Gasteiger partial charge < -0.3 is 5.32 Å². The van der Waals surface area contributed by atoms with E-state index in [-0.39, 0.29) is 6.42 Å². The van der Waals surface area contributed by atoms with Gasteiger partial charge in [0.05, 0.1) is 0 Å². The quantitative estimate of drug-likeness (QED) is 0.462. The monoisotopic (exact) mass is 89.1 g/mol. The van der Waals surface area contributed by atoms with Crippen LogP contribution in [0.2, 0.25) is 0 Å². The van der Waals surface area contributed by atoms with Gasteiger partial charge >= 0.3 is 0 Å². The fraction of sp³-hybridized carbons (Fsp3) is 1.00. The highest BCUT2D eigenvalue weighted by atomic mass is 14.9. The van der Waals surface area contributed by atoms with Crippen molar-refractivity contribution in [3.05, 3.63) is 0 Å². The van der Waals surface area contributed by atoms with Gasteiger partial charge in [-0.1, -0.05) is 0 Å². The molecule has 1 saturated heterocycles. The topological polar surface area (TPSA) is 12.0 Å². The van der Waals surface area contributed by atoms with Crippen LogP contribution in [0.5, 0.6) is 0 Å². The molecule has 0 aromatic rings. The number of hydrogen-bond donors (Lipinski definition) is 1. The van der Waals surface area contributed by atoms with E-state index in [1.807, 2.05) is 0 Å². The van der Waals surface area contributed by atoms with Gasteiger partial charge in [-0.05, 0) is 26.2 Å². The molecule has 2 unspecified atom stereocenters. The number of nitrogens with one attached hydrogen (secondary N) is 1. The molecule has 0 saturated carbocycles. The van der Waals surface area contributed by atoms with E-state index < -0.39 is 18.9 Å². The maximum absolute atomic E-state index is 7.41. The Balaban J connectivity index is 2.71. The molecule has 1 aliphatic heterocycles. The molecular formula is C5H11N. The molecule has 1 fully saturated rings. The van der Waals surface area contributed by atoms with Crippen LogP contribution in [0.25, 0.3) is 0 Å². The molecule has 0 aromatic heterocycles. The Kier molecular flexibility index (Phi) is 0.396. The van der Waals surface area contributed by atoms with E-state index >= 15 is 0 Å². The zero-order valence-corrected chi connectivity index (χ0v) is 3.78. The summed E-state index contributed by atoms with van der Waals surface area (Å²) >= 11 is 0. The van der Waals surface area contributed by atoms with Crippen molar-refractivity contribution in [1.29, 1.82) is 0 Å². The van der Waals surface area contributed by atoms with Crippen LogP contribution in [0.15, 0.2) is 0 Å². The molecular weight excluding hydrogens is 74.1 g/mol. The first-order valence-electron chi connectivity index (χ1n) is 4.13. The van der Waals surface area contributed by atoms with Gasteiger partial charge in [-0.25, -0.2) is 0 Å². The Hall–Kier alpha value is -0.0400. The van der Waals surface area contributed by atoms with Crippen molar-refractivity contribution in [2.24, 2.45) is 0 Å². The summed E-state index contributed by atoms with van der Waals surface area (Å²) in [5.41, 5.74) is 0. The number of hydrogen-bond acceptors (Lipinski definition) is 1. The molecule has 1 heterocycles. The largest absolute Gasteiger partial charge is 0.314 e. The lowest BCUT2D eigenvalue weighted by atomic mass is 10.3. The van der Waals surface area contributed by atoms with Crippen LogP contribution >= 0.6 is 0 Å². The normalized spacial score (nSPS) is 77.2. The predicted octanol–water partition coefficient (Wildman–Crippen LogP) is 0.758. The summed E-state index contributed by atoms with van der Waals surface area (Å²) in [5, 5.41) is 2.43. The Morgan fingerprint density at radius 3 is 3.17 bits per heavy atom. The highest BCUT2D eigenvalue weighted by molar-refractivity contribution is 4.67. The van der Waals surface area contributed by atoms with Crippen molar-refractivity contribution in [1.82, 2.24) is 5.32 Å². The van der Waals surface area contributed by atoms with Gasteiger partial charge in [0.1, 0.15) is 0 Å². The van der Waals surface area contributed by atoms with Crippen molar-refractivity contribution in [3.8, 4) is 0 Å². The van der Waals surface area contributed by atoms with Crippen molar-refractivity contribution in [3.63, 3.8) is 0 Å². The molecule has 0 aliphatic carbocycles. The molecule has 0 spiro atoms. The van der Waals surface area contributed by atoms with E-state index in [0.717, 1.165) is 0 Å². The predicted molar refractivity (Wildman–Crippen MR) is 26.7 cm³/mol. The molecule has 6 heavy (non-hydrogen) atoms. The lowest BCUT2D eigenvalue weighted by Gasteiger charge is -1.95. The maximum Gasteiger partial charge on any atom is 0.0462 e. The lowest BCUT2D eigenvalue weighted by Crippen LogP contribution is -2.16. The highest BCUT2D eigenvalue weighted by Gasteiger charge is 2.05. The van der Waals surface area contributed by atoms with Crippen molar-refractivity contribution in [2.75, 3.05) is 6.50 Å². The minimum atomic E-state index is -1.52.